The number of ether oxygens (including phenoxy) is 1. The van der Waals surface area contributed by atoms with E-state index in [9.17, 15) is 4.79 Å². The van der Waals surface area contributed by atoms with Crippen molar-refractivity contribution in [3.63, 3.8) is 0 Å². The first-order valence-electron chi connectivity index (χ1n) is 5.97. The van der Waals surface area contributed by atoms with Crippen LogP contribution in [-0.2, 0) is 11.3 Å². The molecule has 1 saturated heterocycles. The van der Waals surface area contributed by atoms with Crippen LogP contribution in [0.15, 0.2) is 30.3 Å². The van der Waals surface area contributed by atoms with Crippen LogP contribution in [0.3, 0.4) is 0 Å². The summed E-state index contributed by atoms with van der Waals surface area (Å²) in [6.07, 6.45) is 0.135. The maximum Gasteiger partial charge on any atom is 0.410 e. The molecule has 5 nitrogen and oxygen atoms in total. The molecule has 0 aromatic heterocycles. The van der Waals surface area contributed by atoms with Crippen molar-refractivity contribution in [1.29, 1.82) is 0 Å². The lowest BCUT2D eigenvalue weighted by molar-refractivity contribution is -0.0378. The fourth-order valence-electron chi connectivity index (χ4n) is 2.12. The Morgan fingerprint density at radius 3 is 2.39 bits per heavy atom. The Labute approximate surface area is 106 Å². The number of likely N-dealkylation sites (tertiary alicyclic amines) is 1. The summed E-state index contributed by atoms with van der Waals surface area (Å²) in [7, 11) is 0. The fourth-order valence-corrected chi connectivity index (χ4v) is 2.12. The van der Waals surface area contributed by atoms with E-state index in [1.807, 2.05) is 30.3 Å². The Balaban J connectivity index is 1.87. The highest BCUT2D eigenvalue weighted by atomic mass is 16.6. The van der Waals surface area contributed by atoms with Gasteiger partial charge >= 0.3 is 6.09 Å². The molecule has 2 N–H and O–H groups in total. The molecule has 1 aromatic carbocycles. The van der Waals surface area contributed by atoms with Crippen LogP contribution in [0, 0.1) is 0 Å². The van der Waals surface area contributed by atoms with Gasteiger partial charge in [-0.05, 0) is 12.0 Å². The third kappa shape index (κ3) is 2.63. The summed E-state index contributed by atoms with van der Waals surface area (Å²) in [6.45, 7) is 0.000342. The highest BCUT2D eigenvalue weighted by Gasteiger charge is 2.41. The van der Waals surface area contributed by atoms with E-state index in [1.165, 1.54) is 4.90 Å². The lowest BCUT2D eigenvalue weighted by Gasteiger charge is -2.45. The van der Waals surface area contributed by atoms with Crippen molar-refractivity contribution in [2.75, 3.05) is 13.2 Å². The Kier molecular flexibility index (Phi) is 4.17. The van der Waals surface area contributed by atoms with Crippen LogP contribution in [0.5, 0.6) is 0 Å². The minimum atomic E-state index is -0.483. The predicted molar refractivity (Wildman–Crippen MR) is 64.8 cm³/mol. The fraction of sp³-hybridized carbons (Fsp3) is 0.462. The minimum absolute atomic E-state index is 0.100. The Bertz CT molecular complexity index is 385. The number of aliphatic hydroxyl groups is 2. The molecule has 1 amide bonds. The zero-order valence-corrected chi connectivity index (χ0v) is 10.0. The smallest absolute Gasteiger partial charge is 0.410 e. The van der Waals surface area contributed by atoms with Crippen molar-refractivity contribution in [2.45, 2.75) is 25.1 Å². The number of carbonyl (C=O) groups is 1. The number of amides is 1. The summed E-state index contributed by atoms with van der Waals surface area (Å²) >= 11 is 0. The highest BCUT2D eigenvalue weighted by Crippen LogP contribution is 2.26. The highest BCUT2D eigenvalue weighted by molar-refractivity contribution is 5.69. The summed E-state index contributed by atoms with van der Waals surface area (Å²) in [5.41, 5.74) is 0.910. The molecule has 1 aliphatic rings. The van der Waals surface area contributed by atoms with Gasteiger partial charge in [-0.2, -0.15) is 0 Å². The largest absolute Gasteiger partial charge is 0.445 e. The number of benzene rings is 1. The van der Waals surface area contributed by atoms with Gasteiger partial charge in [0, 0.05) is 0 Å². The quantitative estimate of drug-likeness (QED) is 0.828. The average molecular weight is 251 g/mol. The van der Waals surface area contributed by atoms with E-state index in [0.29, 0.717) is 6.42 Å². The monoisotopic (exact) mass is 251 g/mol. The standard InChI is InChI=1S/C13H17NO4/c15-7-11-6-12(8-16)14(11)13(17)18-9-10-4-2-1-3-5-10/h1-5,11-12,15-16H,6-9H2/t11-,12-/m1/s1. The van der Waals surface area contributed by atoms with Gasteiger partial charge in [0.25, 0.3) is 0 Å². The molecule has 0 bridgehead atoms. The topological polar surface area (TPSA) is 70.0 Å². The summed E-state index contributed by atoms with van der Waals surface area (Å²) < 4.78 is 5.16. The Hall–Kier alpha value is -1.59. The summed E-state index contributed by atoms with van der Waals surface area (Å²) in [5, 5.41) is 18.1. The van der Waals surface area contributed by atoms with Crippen molar-refractivity contribution in [2.24, 2.45) is 0 Å². The van der Waals surface area contributed by atoms with Crippen LogP contribution in [0.25, 0.3) is 0 Å². The third-order valence-corrected chi connectivity index (χ3v) is 3.17. The van der Waals surface area contributed by atoms with Crippen LogP contribution >= 0.6 is 0 Å². The van der Waals surface area contributed by atoms with Crippen LogP contribution in [0.4, 0.5) is 4.79 Å². The van der Waals surface area contributed by atoms with Gasteiger partial charge in [-0.15, -0.1) is 0 Å². The number of hydrogen-bond acceptors (Lipinski definition) is 4. The molecule has 0 unspecified atom stereocenters. The van der Waals surface area contributed by atoms with Gasteiger partial charge in [0.05, 0.1) is 25.3 Å². The first kappa shape index (κ1) is 12.9. The van der Waals surface area contributed by atoms with Gasteiger partial charge in [0.15, 0.2) is 0 Å². The lowest BCUT2D eigenvalue weighted by Crippen LogP contribution is -2.61. The molecule has 1 aliphatic heterocycles. The van der Waals surface area contributed by atoms with Crippen molar-refractivity contribution in [3.8, 4) is 0 Å². The summed E-state index contributed by atoms with van der Waals surface area (Å²) in [6, 6.07) is 8.92. The molecule has 5 heteroatoms. The molecule has 2 atom stereocenters. The molecular formula is C13H17NO4. The van der Waals surface area contributed by atoms with Gasteiger partial charge in [-0.1, -0.05) is 30.3 Å². The molecule has 0 saturated carbocycles. The zero-order chi connectivity index (χ0) is 13.0. The van der Waals surface area contributed by atoms with Crippen LogP contribution < -0.4 is 0 Å². The second-order valence-corrected chi connectivity index (χ2v) is 4.36. The molecule has 1 fully saturated rings. The normalized spacial score (nSPS) is 22.4. The Morgan fingerprint density at radius 2 is 1.83 bits per heavy atom. The van der Waals surface area contributed by atoms with E-state index in [4.69, 9.17) is 14.9 Å². The van der Waals surface area contributed by atoms with Crippen LogP contribution in [0.1, 0.15) is 12.0 Å². The van der Waals surface area contributed by atoms with Crippen LogP contribution in [-0.4, -0.2) is 46.5 Å². The molecule has 1 heterocycles. The van der Waals surface area contributed by atoms with Crippen LogP contribution in [0.2, 0.25) is 0 Å². The molecule has 0 radical (unpaired) electrons. The van der Waals surface area contributed by atoms with E-state index in [2.05, 4.69) is 0 Å². The zero-order valence-electron chi connectivity index (χ0n) is 10.0. The summed E-state index contributed by atoms with van der Waals surface area (Å²) in [4.78, 5) is 13.2. The van der Waals surface area contributed by atoms with E-state index in [0.717, 1.165) is 5.56 Å². The molecule has 0 spiro atoms. The Morgan fingerprint density at radius 1 is 1.22 bits per heavy atom. The number of hydrogen-bond donors (Lipinski definition) is 2. The summed E-state index contributed by atoms with van der Waals surface area (Å²) in [5.74, 6) is 0. The van der Waals surface area contributed by atoms with Gasteiger partial charge in [0.2, 0.25) is 0 Å². The third-order valence-electron chi connectivity index (χ3n) is 3.17. The SMILES string of the molecule is O=C(OCc1ccccc1)N1[C@@H](CO)C[C@@H]1CO. The number of nitrogens with zero attached hydrogens (tertiary/aromatic N) is 1. The van der Waals surface area contributed by atoms with Gasteiger partial charge in [-0.3, -0.25) is 4.90 Å². The van der Waals surface area contributed by atoms with Gasteiger partial charge < -0.3 is 14.9 Å². The second-order valence-electron chi connectivity index (χ2n) is 4.36. The lowest BCUT2D eigenvalue weighted by atomic mass is 9.95. The van der Waals surface area contributed by atoms with Gasteiger partial charge in [-0.25, -0.2) is 4.79 Å². The molecule has 98 valence electrons. The van der Waals surface area contributed by atoms with E-state index < -0.39 is 6.09 Å². The molecular weight excluding hydrogens is 234 g/mol. The number of aliphatic hydroxyl groups excluding tert-OH is 2. The predicted octanol–water partition coefficient (Wildman–Crippen LogP) is 0.751. The van der Waals surface area contributed by atoms with Crippen molar-refractivity contribution in [1.82, 2.24) is 4.90 Å². The number of rotatable bonds is 4. The minimum Gasteiger partial charge on any atom is -0.445 e. The molecule has 18 heavy (non-hydrogen) atoms. The first-order valence-corrected chi connectivity index (χ1v) is 5.97. The maximum atomic E-state index is 11.8. The van der Waals surface area contributed by atoms with E-state index >= 15 is 0 Å². The molecule has 0 aliphatic carbocycles. The molecule has 1 aromatic rings. The molecule has 2 rings (SSSR count). The van der Waals surface area contributed by atoms with E-state index in [-0.39, 0.29) is 31.9 Å². The van der Waals surface area contributed by atoms with Crippen molar-refractivity contribution >= 4 is 6.09 Å². The number of carbonyl (C=O) groups excluding carboxylic acids is 1. The second kappa shape index (κ2) is 5.84. The van der Waals surface area contributed by atoms with Crippen molar-refractivity contribution in [3.05, 3.63) is 35.9 Å². The van der Waals surface area contributed by atoms with Gasteiger partial charge in [0.1, 0.15) is 6.61 Å². The first-order chi connectivity index (χ1) is 8.76. The van der Waals surface area contributed by atoms with Crippen molar-refractivity contribution < 1.29 is 19.7 Å². The average Bonchev–Trinajstić information content (AvgIpc) is 2.37. The maximum absolute atomic E-state index is 11.8. The van der Waals surface area contributed by atoms with E-state index in [1.54, 1.807) is 0 Å².